The second kappa shape index (κ2) is 11.1. The molecule has 11 heteroatoms. The minimum Gasteiger partial charge on any atom is -0.497 e. The fourth-order valence-corrected chi connectivity index (χ4v) is 12.4. The van der Waals surface area contributed by atoms with E-state index in [2.05, 4.69) is 11.8 Å². The van der Waals surface area contributed by atoms with Crippen molar-refractivity contribution in [1.82, 2.24) is 4.90 Å². The van der Waals surface area contributed by atoms with Crippen LogP contribution in [0.4, 0.5) is 0 Å². The maximum atomic E-state index is 13.9. The number of hydrogen-bond donors (Lipinski definition) is 1. The summed E-state index contributed by atoms with van der Waals surface area (Å²) in [5.41, 5.74) is -3.03. The third-order valence-corrected chi connectivity index (χ3v) is 13.3. The van der Waals surface area contributed by atoms with Gasteiger partial charge in [-0.3, -0.25) is 9.69 Å². The van der Waals surface area contributed by atoms with Crippen LogP contribution in [0.5, 0.6) is 5.75 Å². The Kier molecular flexibility index (Phi) is 7.81. The molecule has 254 valence electrons. The van der Waals surface area contributed by atoms with Crippen molar-refractivity contribution >= 4 is 11.9 Å². The van der Waals surface area contributed by atoms with Crippen LogP contribution in [0.2, 0.25) is 0 Å². The number of methoxy groups -OCH3 is 5. The van der Waals surface area contributed by atoms with E-state index in [0.717, 1.165) is 25.9 Å². The highest BCUT2D eigenvalue weighted by atomic mass is 16.6. The topological polar surface area (TPSA) is 122 Å². The van der Waals surface area contributed by atoms with Gasteiger partial charge in [0, 0.05) is 83.0 Å². The molecule has 1 heterocycles. The molecule has 0 aromatic heterocycles. The summed E-state index contributed by atoms with van der Waals surface area (Å²) in [4.78, 5) is 29.7. The number of aliphatic hydroxyl groups is 1. The van der Waals surface area contributed by atoms with Gasteiger partial charge in [-0.15, -0.1) is 0 Å². The van der Waals surface area contributed by atoms with E-state index in [0.29, 0.717) is 24.3 Å². The third kappa shape index (κ3) is 3.87. The quantitative estimate of drug-likeness (QED) is 0.379. The molecule has 5 saturated carbocycles. The lowest BCUT2D eigenvalue weighted by Crippen LogP contribution is -2.77. The molecule has 6 fully saturated rings. The number of carbonyl (C=O) groups excluding carboxylic acids is 2. The summed E-state index contributed by atoms with van der Waals surface area (Å²) in [6, 6.07) is 6.66. The SMILES string of the molecule is CCN1C[C@]2(COC)CC[C@H](OC)[C@]34C1[C@@H]([C@H](OC)[C@H]23)[C@@]1(OC(C)=O)C[C@H](OC)[C@]2(O)C[C@@H]4[C@@H]1[C@H]2OC(=O)c1ccc(OC)cc1. The van der Waals surface area contributed by atoms with Gasteiger partial charge in [-0.05, 0) is 56.0 Å². The first kappa shape index (κ1) is 32.3. The van der Waals surface area contributed by atoms with Gasteiger partial charge in [0.05, 0.1) is 37.6 Å². The van der Waals surface area contributed by atoms with Crippen LogP contribution in [-0.4, -0.2) is 119 Å². The van der Waals surface area contributed by atoms with E-state index < -0.39 is 46.7 Å². The summed E-state index contributed by atoms with van der Waals surface area (Å²) in [5.74, 6) is -1.38. The van der Waals surface area contributed by atoms with Gasteiger partial charge < -0.3 is 38.3 Å². The van der Waals surface area contributed by atoms with Gasteiger partial charge in [-0.1, -0.05) is 6.92 Å². The van der Waals surface area contributed by atoms with E-state index >= 15 is 0 Å². The highest BCUT2D eigenvalue weighted by molar-refractivity contribution is 5.89. The van der Waals surface area contributed by atoms with Crippen molar-refractivity contribution in [3.8, 4) is 5.75 Å². The Morgan fingerprint density at radius 1 is 0.978 bits per heavy atom. The molecule has 46 heavy (non-hydrogen) atoms. The fourth-order valence-electron chi connectivity index (χ4n) is 12.4. The number of nitrogens with zero attached hydrogens (tertiary/aromatic N) is 1. The monoisotopic (exact) mass is 643 g/mol. The average Bonchev–Trinajstić information content (AvgIpc) is 3.42. The molecule has 1 saturated heterocycles. The van der Waals surface area contributed by atoms with Crippen LogP contribution < -0.4 is 4.74 Å². The Balaban J connectivity index is 1.46. The van der Waals surface area contributed by atoms with Crippen molar-refractivity contribution < 1.29 is 47.9 Å². The Morgan fingerprint density at radius 3 is 2.28 bits per heavy atom. The van der Waals surface area contributed by atoms with Gasteiger partial charge in [0.2, 0.25) is 0 Å². The summed E-state index contributed by atoms with van der Waals surface area (Å²) >= 11 is 0. The van der Waals surface area contributed by atoms with E-state index in [4.69, 9.17) is 33.2 Å². The summed E-state index contributed by atoms with van der Waals surface area (Å²) in [5, 5.41) is 12.8. The molecule has 0 amide bonds. The molecule has 0 radical (unpaired) electrons. The normalized spacial score (nSPS) is 46.6. The van der Waals surface area contributed by atoms with Crippen LogP contribution in [0, 0.1) is 34.5 Å². The van der Waals surface area contributed by atoms with Crippen molar-refractivity contribution in [3.05, 3.63) is 29.8 Å². The largest absolute Gasteiger partial charge is 0.497 e. The molecule has 1 spiro atoms. The van der Waals surface area contributed by atoms with Crippen molar-refractivity contribution in [3.63, 3.8) is 0 Å². The summed E-state index contributed by atoms with van der Waals surface area (Å²) in [7, 11) is 8.44. The molecular formula is C35H49NO10. The summed E-state index contributed by atoms with van der Waals surface area (Å²) < 4.78 is 43.6. The van der Waals surface area contributed by atoms with Crippen LogP contribution in [0.3, 0.4) is 0 Å². The number of esters is 2. The van der Waals surface area contributed by atoms with E-state index in [1.807, 2.05) is 0 Å². The molecule has 7 bridgehead atoms. The van der Waals surface area contributed by atoms with Crippen molar-refractivity contribution in [2.75, 3.05) is 55.2 Å². The zero-order valence-electron chi connectivity index (χ0n) is 28.0. The van der Waals surface area contributed by atoms with Crippen LogP contribution >= 0.6 is 0 Å². The fraction of sp³-hybridized carbons (Fsp3) is 0.771. The lowest BCUT2D eigenvalue weighted by molar-refractivity contribution is -0.287. The molecule has 6 aliphatic rings. The van der Waals surface area contributed by atoms with Gasteiger partial charge in [-0.2, -0.15) is 0 Å². The molecule has 7 rings (SSSR count). The van der Waals surface area contributed by atoms with E-state index in [1.165, 1.54) is 6.92 Å². The molecule has 1 aromatic carbocycles. The highest BCUT2D eigenvalue weighted by Gasteiger charge is 2.89. The molecular weight excluding hydrogens is 594 g/mol. The number of hydrogen-bond acceptors (Lipinski definition) is 11. The van der Waals surface area contributed by atoms with Crippen molar-refractivity contribution in [2.45, 2.75) is 81.2 Å². The maximum Gasteiger partial charge on any atom is 0.338 e. The Bertz CT molecular complexity index is 1360. The van der Waals surface area contributed by atoms with Crippen molar-refractivity contribution in [2.24, 2.45) is 34.5 Å². The number of rotatable bonds is 10. The van der Waals surface area contributed by atoms with Crippen molar-refractivity contribution in [1.29, 1.82) is 0 Å². The number of fused-ring (bicyclic) bond motifs is 2. The van der Waals surface area contributed by atoms with Gasteiger partial charge in [0.25, 0.3) is 0 Å². The standard InChI is InChI=1S/C35H49NO10/c1-8-36-17-32(18-40-3)14-13-23(42-5)35-22-15-33(39)24(43-6)16-34(46-19(2)37,26(29(35)36)27(44-7)28(32)35)25(22)30(33)45-31(38)20-9-11-21(41-4)12-10-20/h9-12,22-30,39H,8,13-18H2,1-7H3/t22-,23+,24+,25-,26-,27+,28-,29?,30-,32+,33-,34-,35+/m1/s1. The lowest BCUT2D eigenvalue weighted by Gasteiger charge is -2.69. The van der Waals surface area contributed by atoms with Gasteiger partial charge in [0.15, 0.2) is 0 Å². The van der Waals surface area contributed by atoms with Crippen LogP contribution in [-0.2, 0) is 33.2 Å². The predicted octanol–water partition coefficient (Wildman–Crippen LogP) is 2.72. The first-order chi connectivity index (χ1) is 22.1. The van der Waals surface area contributed by atoms with Gasteiger partial charge >= 0.3 is 11.9 Å². The number of carbonyl (C=O) groups is 2. The molecule has 1 aromatic rings. The molecule has 5 aliphatic carbocycles. The lowest BCUT2D eigenvalue weighted by atomic mass is 9.43. The zero-order chi connectivity index (χ0) is 32.8. The number of benzene rings is 1. The molecule has 13 atom stereocenters. The predicted molar refractivity (Wildman–Crippen MR) is 164 cm³/mol. The van der Waals surface area contributed by atoms with E-state index in [1.54, 1.807) is 59.8 Å². The van der Waals surface area contributed by atoms with Crippen LogP contribution in [0.15, 0.2) is 24.3 Å². The maximum absolute atomic E-state index is 13.9. The van der Waals surface area contributed by atoms with Gasteiger partial charge in [-0.25, -0.2) is 4.79 Å². The zero-order valence-corrected chi connectivity index (χ0v) is 28.0. The number of piperidine rings is 1. The van der Waals surface area contributed by atoms with E-state index in [-0.39, 0.29) is 47.8 Å². The second-order valence-electron chi connectivity index (χ2n) is 14.6. The molecule has 1 N–H and O–H groups in total. The Labute approximate surface area is 271 Å². The smallest absolute Gasteiger partial charge is 0.338 e. The second-order valence-corrected chi connectivity index (χ2v) is 14.6. The molecule has 1 aliphatic heterocycles. The minimum absolute atomic E-state index is 0.00534. The van der Waals surface area contributed by atoms with E-state index in [9.17, 15) is 14.7 Å². The first-order valence-electron chi connectivity index (χ1n) is 16.6. The first-order valence-corrected chi connectivity index (χ1v) is 16.6. The van der Waals surface area contributed by atoms with Crippen LogP contribution in [0.1, 0.15) is 49.9 Å². The number of likely N-dealkylation sites (tertiary alicyclic amines) is 1. The Morgan fingerprint density at radius 2 is 1.70 bits per heavy atom. The average molecular weight is 644 g/mol. The summed E-state index contributed by atoms with van der Waals surface area (Å²) in [6.07, 6.45) is 0.142. The third-order valence-electron chi connectivity index (χ3n) is 13.3. The molecule has 11 nitrogen and oxygen atoms in total. The van der Waals surface area contributed by atoms with Gasteiger partial charge in [0.1, 0.15) is 23.1 Å². The van der Waals surface area contributed by atoms with Crippen LogP contribution in [0.25, 0.3) is 0 Å². The minimum atomic E-state index is -1.51. The Hall–Kier alpha value is -2.28. The molecule has 1 unspecified atom stereocenters. The highest BCUT2D eigenvalue weighted by Crippen LogP contribution is 2.80. The number of ether oxygens (including phenoxy) is 7. The summed E-state index contributed by atoms with van der Waals surface area (Å²) in [6.45, 7) is 5.80.